The number of aliphatic hydroxyl groups excluding tert-OH is 2. The molecule has 5 heterocycles. The predicted octanol–water partition coefficient (Wildman–Crippen LogP) is -2.51. The molecule has 2 aliphatic rings. The van der Waals surface area contributed by atoms with E-state index in [9.17, 15) is 52.9 Å². The molecule has 8 atom stereocenters. The first-order chi connectivity index (χ1) is 29.7. The minimum absolute atomic E-state index is 0.0262. The summed E-state index contributed by atoms with van der Waals surface area (Å²) in [5.74, 6) is 10.3. The van der Waals surface area contributed by atoms with Crippen molar-refractivity contribution in [3.05, 3.63) is 66.7 Å². The molecule has 0 spiro atoms. The highest BCUT2D eigenvalue weighted by Crippen LogP contribution is 2.66. The molecule has 31 heteroatoms. The molecular weight excluding hydrogens is 907 g/mol. The number of aryl methyl sites for hydroxylation is 1. The number of anilines is 1. The summed E-state index contributed by atoms with van der Waals surface area (Å²) in [4.78, 5) is 92.0. The molecule has 0 saturated carbocycles. The third-order valence-electron chi connectivity index (χ3n) is 8.95. The predicted molar refractivity (Wildman–Crippen MR) is 209 cm³/mol. The lowest BCUT2D eigenvalue weighted by molar-refractivity contribution is -0.121. The number of rotatable bonds is 18. The van der Waals surface area contributed by atoms with Crippen LogP contribution in [0.3, 0.4) is 0 Å². The van der Waals surface area contributed by atoms with E-state index < -0.39 is 89.8 Å². The highest BCUT2D eigenvalue weighted by Gasteiger charge is 2.43. The number of ether oxygens (including phenoxy) is 3. The number of nitrogens with zero attached hydrogens (tertiary/aromatic N) is 6. The van der Waals surface area contributed by atoms with E-state index in [1.165, 1.54) is 22.6 Å². The van der Waals surface area contributed by atoms with E-state index in [1.54, 1.807) is 6.20 Å². The van der Waals surface area contributed by atoms with Crippen molar-refractivity contribution in [1.29, 1.82) is 0 Å². The number of carbonyl (C=O) groups excluding carboxylic acids is 1. The van der Waals surface area contributed by atoms with Gasteiger partial charge in [-0.1, -0.05) is 28.9 Å². The number of phosphoric ester groups is 1. The van der Waals surface area contributed by atoms with Crippen LogP contribution in [0.15, 0.2) is 33.0 Å². The number of hydrogen-bond donors (Lipinski definition) is 9. The van der Waals surface area contributed by atoms with Crippen LogP contribution < -0.4 is 28.0 Å². The minimum atomic E-state index is -5.78. The van der Waals surface area contributed by atoms with Crippen LogP contribution in [0, 0.1) is 23.7 Å². The Hall–Kier alpha value is -4.70. The first-order valence-electron chi connectivity index (χ1n) is 18.4. The number of methoxy groups -OCH3 is 1. The molecule has 0 bridgehead atoms. The van der Waals surface area contributed by atoms with Crippen molar-refractivity contribution in [3.8, 4) is 23.7 Å². The number of nitrogens with one attached hydrogen (secondary N) is 2. The zero-order valence-corrected chi connectivity index (χ0v) is 35.5. The minimum Gasteiger partial charge on any atom is -0.394 e. The number of hydrogen-bond acceptors (Lipinski definition) is 19. The zero-order valence-electron chi connectivity index (χ0n) is 32.9. The number of H-pyrrole nitrogens is 1. The molecule has 0 aromatic carbocycles. The summed E-state index contributed by atoms with van der Waals surface area (Å²) in [7, 11) is -15.4. The lowest BCUT2D eigenvalue weighted by atomic mass is 10.1. The van der Waals surface area contributed by atoms with Gasteiger partial charge in [0.15, 0.2) is 0 Å². The number of carbonyl (C=O) groups is 1. The average molecular weight is 950 g/mol. The zero-order chi connectivity index (χ0) is 46.1. The monoisotopic (exact) mass is 949 g/mol. The molecule has 2 saturated heterocycles. The smallest absolute Gasteiger partial charge is 0.394 e. The molecule has 0 aliphatic carbocycles. The number of nitrogen functional groups attached to an aromatic ring is 1. The Morgan fingerprint density at radius 1 is 0.968 bits per heavy atom. The second kappa shape index (κ2) is 21.3. The number of amides is 1. The molecule has 2 fully saturated rings. The first-order valence-corrected chi connectivity index (χ1v) is 23.0. The van der Waals surface area contributed by atoms with Crippen LogP contribution in [-0.4, -0.2) is 121 Å². The molecule has 28 nitrogen and oxygen atoms in total. The molecule has 0 radical (unpaired) electrons. The van der Waals surface area contributed by atoms with E-state index in [-0.39, 0.29) is 43.1 Å². The number of phosphoric acid groups is 3. The summed E-state index contributed by atoms with van der Waals surface area (Å²) in [6, 6.07) is 0. The molecule has 2 aliphatic heterocycles. The van der Waals surface area contributed by atoms with Crippen molar-refractivity contribution in [2.45, 2.75) is 81.9 Å². The van der Waals surface area contributed by atoms with Crippen molar-refractivity contribution in [2.75, 3.05) is 32.6 Å². The molecule has 10 N–H and O–H groups in total. The van der Waals surface area contributed by atoms with Crippen molar-refractivity contribution in [1.82, 2.24) is 39.4 Å². The van der Waals surface area contributed by atoms with Crippen molar-refractivity contribution in [2.24, 2.45) is 0 Å². The van der Waals surface area contributed by atoms with Gasteiger partial charge in [-0.25, -0.2) is 28.0 Å². The Labute approximate surface area is 354 Å². The lowest BCUT2D eigenvalue weighted by Crippen LogP contribution is -2.33. The lowest BCUT2D eigenvalue weighted by Gasteiger charge is -2.19. The van der Waals surface area contributed by atoms with Gasteiger partial charge >= 0.3 is 34.8 Å². The third-order valence-corrected chi connectivity index (χ3v) is 12.8. The van der Waals surface area contributed by atoms with Gasteiger partial charge in [-0.3, -0.25) is 28.2 Å². The highest BCUT2D eigenvalue weighted by atomic mass is 31.3. The Morgan fingerprint density at radius 2 is 1.67 bits per heavy atom. The van der Waals surface area contributed by atoms with Gasteiger partial charge in [-0.15, -0.1) is 5.10 Å². The standard InChI is InChI=1S/C32H42N9O19P3/c1-55-23-12-28(57-24(23)17-42)41-14-20(30(45)36-32(41)47)7-4-2-3-5-9-21-15-39(38-37-21)16-26(44)34-10-6-8-19-13-40(31(46)35-29(19)33)27-11-22(43)25(58-27)18-56-62(51,52)60-63(53,54)59-61(48,49)50/h13-15,22-25,27-28,42-43H,2-3,5,9-12,16-18H2,1H3,(H,34,44)(H,51,52)(H,53,54)(H2,33,35,46)(H,36,45,47)(H2,48,49,50)/t22?,23?,24-,25-,27-,28-/m1/s1. The van der Waals surface area contributed by atoms with E-state index in [0.717, 1.165) is 10.8 Å². The first kappa shape index (κ1) is 49.3. The Balaban J connectivity index is 1.05. The average Bonchev–Trinajstić information content (AvgIpc) is 3.92. The van der Waals surface area contributed by atoms with Crippen LogP contribution in [0.2, 0.25) is 0 Å². The number of aromatic nitrogens is 7. The summed E-state index contributed by atoms with van der Waals surface area (Å²) < 4.78 is 66.1. The number of aliphatic hydroxyl groups is 2. The molecule has 344 valence electrons. The van der Waals surface area contributed by atoms with Crippen LogP contribution >= 0.6 is 23.5 Å². The summed E-state index contributed by atoms with van der Waals surface area (Å²) >= 11 is 0. The van der Waals surface area contributed by atoms with Gasteiger partial charge in [0.1, 0.15) is 42.6 Å². The van der Waals surface area contributed by atoms with Gasteiger partial charge in [0, 0.05) is 45.0 Å². The van der Waals surface area contributed by atoms with Crippen molar-refractivity contribution < 1.29 is 75.6 Å². The van der Waals surface area contributed by atoms with Gasteiger partial charge in [0.2, 0.25) is 5.91 Å². The topological polar surface area (TPSA) is 404 Å². The van der Waals surface area contributed by atoms with Gasteiger partial charge in [-0.05, 0) is 19.3 Å². The van der Waals surface area contributed by atoms with E-state index in [0.29, 0.717) is 37.8 Å². The Kier molecular flexibility index (Phi) is 16.7. The van der Waals surface area contributed by atoms with Gasteiger partial charge in [0.05, 0.1) is 43.2 Å². The van der Waals surface area contributed by atoms with Crippen LogP contribution in [0.25, 0.3) is 0 Å². The largest absolute Gasteiger partial charge is 0.490 e. The normalized spacial score (nSPS) is 22.9. The van der Waals surface area contributed by atoms with Crippen molar-refractivity contribution in [3.63, 3.8) is 0 Å². The summed E-state index contributed by atoms with van der Waals surface area (Å²) in [6.07, 6.45) is 0.488. The van der Waals surface area contributed by atoms with Gasteiger partial charge < -0.3 is 55.0 Å². The van der Waals surface area contributed by atoms with Crippen LogP contribution in [-0.2, 0) is 58.8 Å². The number of unbranched alkanes of at least 4 members (excludes halogenated alkanes) is 2. The summed E-state index contributed by atoms with van der Waals surface area (Å²) in [5.41, 5.74) is 4.34. The van der Waals surface area contributed by atoms with Crippen LogP contribution in [0.1, 0.15) is 61.4 Å². The Bertz CT molecular complexity index is 2580. The van der Waals surface area contributed by atoms with E-state index in [2.05, 4.69) is 62.4 Å². The fraction of sp³-hybridized carbons (Fsp3) is 0.531. The molecule has 3 aromatic heterocycles. The van der Waals surface area contributed by atoms with Crippen LogP contribution in [0.4, 0.5) is 5.82 Å². The fourth-order valence-corrected chi connectivity index (χ4v) is 9.09. The number of nitrogens with two attached hydrogens (primary N) is 1. The maximum absolute atomic E-state index is 12.6. The molecule has 3 aromatic rings. The summed E-state index contributed by atoms with van der Waals surface area (Å²) in [5, 5.41) is 30.5. The molecule has 4 unspecified atom stereocenters. The molecule has 5 rings (SSSR count). The van der Waals surface area contributed by atoms with E-state index in [4.69, 9.17) is 29.7 Å². The molecular formula is C32H42N9O19P3. The molecule has 63 heavy (non-hydrogen) atoms. The number of aromatic amines is 1. The highest BCUT2D eigenvalue weighted by molar-refractivity contribution is 7.66. The Morgan fingerprint density at radius 3 is 2.37 bits per heavy atom. The van der Waals surface area contributed by atoms with Crippen molar-refractivity contribution >= 4 is 35.2 Å². The summed E-state index contributed by atoms with van der Waals surface area (Å²) in [6.45, 7) is -1.61. The maximum atomic E-state index is 12.6. The SMILES string of the molecule is COC1C[C@H](n2cc(C#CCCCCc3cn(CC(=O)NCC#Cc4cn([C@H]5CC(O)[C@@H](COP(=O)(O)OP(=O)(O)OP(=O)(O)O)O5)c(=O)nc4N)nn3)c(=O)[nH]c2=O)O[C@@H]1CO. The maximum Gasteiger partial charge on any atom is 0.490 e. The second-order valence-corrected chi connectivity index (χ2v) is 18.0. The fourth-order valence-electron chi connectivity index (χ4n) is 6.06. The van der Waals surface area contributed by atoms with Gasteiger partial charge in [-0.2, -0.15) is 13.6 Å². The van der Waals surface area contributed by atoms with Crippen LogP contribution in [0.5, 0.6) is 0 Å². The van der Waals surface area contributed by atoms with E-state index in [1.807, 2.05) is 0 Å². The third kappa shape index (κ3) is 14.4. The molecule has 1 amide bonds. The second-order valence-electron chi connectivity index (χ2n) is 13.6. The quantitative estimate of drug-likeness (QED) is 0.0361. The van der Waals surface area contributed by atoms with Gasteiger partial charge in [0.25, 0.3) is 5.56 Å². The van der Waals surface area contributed by atoms with E-state index >= 15 is 0 Å².